The van der Waals surface area contributed by atoms with Crippen molar-refractivity contribution in [2.75, 3.05) is 13.2 Å². The number of hydrogen-bond acceptors (Lipinski definition) is 3. The van der Waals surface area contributed by atoms with Gasteiger partial charge in [-0.25, -0.2) is 4.39 Å². The van der Waals surface area contributed by atoms with Gasteiger partial charge >= 0.3 is 0 Å². The van der Waals surface area contributed by atoms with Crippen molar-refractivity contribution in [3.05, 3.63) is 41.2 Å². The van der Waals surface area contributed by atoms with E-state index in [-0.39, 0.29) is 43.3 Å². The number of hydrogen-bond donors (Lipinski definition) is 2. The molecule has 0 bridgehead atoms. The van der Waals surface area contributed by atoms with Crippen molar-refractivity contribution in [1.29, 1.82) is 0 Å². The van der Waals surface area contributed by atoms with Crippen LogP contribution in [0.1, 0.15) is 49.4 Å². The second-order valence-electron chi connectivity index (χ2n) is 6.01. The van der Waals surface area contributed by atoms with Gasteiger partial charge in [0.15, 0.2) is 0 Å². The highest BCUT2D eigenvalue weighted by atomic mass is 35.5. The zero-order chi connectivity index (χ0) is 16.7. The lowest BCUT2D eigenvalue weighted by Crippen LogP contribution is -2.36. The maximum Gasteiger partial charge on any atom is 0.251 e. The van der Waals surface area contributed by atoms with Crippen LogP contribution in [0, 0.1) is 0 Å². The van der Waals surface area contributed by atoms with Crippen LogP contribution in [0.5, 0.6) is 5.75 Å². The van der Waals surface area contributed by atoms with Crippen LogP contribution >= 0.6 is 12.4 Å². The van der Waals surface area contributed by atoms with E-state index in [2.05, 4.69) is 5.32 Å². The summed E-state index contributed by atoms with van der Waals surface area (Å²) >= 11 is 0. The molecule has 1 aromatic rings. The summed E-state index contributed by atoms with van der Waals surface area (Å²) in [5.74, 6) is 0.110. The van der Waals surface area contributed by atoms with Crippen molar-refractivity contribution in [3.63, 3.8) is 0 Å². The van der Waals surface area contributed by atoms with E-state index in [4.69, 9.17) is 10.5 Å². The van der Waals surface area contributed by atoms with Gasteiger partial charge in [-0.05, 0) is 49.6 Å². The maximum absolute atomic E-state index is 13.6. The van der Waals surface area contributed by atoms with Gasteiger partial charge in [-0.1, -0.05) is 19.3 Å². The van der Waals surface area contributed by atoms with E-state index in [0.29, 0.717) is 16.9 Å². The molecule has 1 amide bonds. The Kier molecular flexibility index (Phi) is 8.79. The normalized spacial score (nSPS) is 16.0. The Morgan fingerprint density at radius 1 is 1.25 bits per heavy atom. The molecule has 0 heterocycles. The highest BCUT2D eigenvalue weighted by molar-refractivity contribution is 5.94. The van der Waals surface area contributed by atoms with E-state index in [1.54, 1.807) is 31.2 Å². The smallest absolute Gasteiger partial charge is 0.251 e. The van der Waals surface area contributed by atoms with Crippen molar-refractivity contribution in [3.8, 4) is 5.75 Å². The standard InChI is InChI=1S/C18H25FN2O2.ClH/c1-13(11-20)17(19)12-23-16-9-7-14(8-10-16)18(22)21-15-5-3-2-4-6-15;/h7-10,15H,2-6,11-12,20H2,1H3,(H,21,22);1H/b17-13+;. The third-order valence-electron chi connectivity index (χ3n) is 4.19. The Labute approximate surface area is 149 Å². The molecule has 1 aliphatic rings. The lowest BCUT2D eigenvalue weighted by atomic mass is 9.95. The van der Waals surface area contributed by atoms with Gasteiger partial charge in [-0.2, -0.15) is 0 Å². The molecular formula is C18H26ClFN2O2. The van der Waals surface area contributed by atoms with Crippen LogP contribution in [-0.4, -0.2) is 25.1 Å². The number of ether oxygens (including phenoxy) is 1. The molecule has 0 radical (unpaired) electrons. The molecular weight excluding hydrogens is 331 g/mol. The number of nitrogens with one attached hydrogen (secondary N) is 1. The van der Waals surface area contributed by atoms with Gasteiger partial charge in [0.2, 0.25) is 0 Å². The van der Waals surface area contributed by atoms with Gasteiger partial charge in [-0.3, -0.25) is 4.79 Å². The van der Waals surface area contributed by atoms with E-state index >= 15 is 0 Å². The van der Waals surface area contributed by atoms with Gasteiger partial charge in [0.05, 0.1) is 0 Å². The van der Waals surface area contributed by atoms with E-state index in [1.807, 2.05) is 0 Å². The largest absolute Gasteiger partial charge is 0.487 e. The lowest BCUT2D eigenvalue weighted by molar-refractivity contribution is 0.0927. The molecule has 1 aliphatic carbocycles. The molecule has 24 heavy (non-hydrogen) atoms. The molecule has 0 atom stereocenters. The summed E-state index contributed by atoms with van der Waals surface area (Å²) in [6, 6.07) is 7.04. The minimum absolute atomic E-state index is 0. The summed E-state index contributed by atoms with van der Waals surface area (Å²) in [5.41, 5.74) is 6.45. The molecule has 1 saturated carbocycles. The number of rotatable bonds is 6. The first-order valence-corrected chi connectivity index (χ1v) is 8.18. The summed E-state index contributed by atoms with van der Waals surface area (Å²) < 4.78 is 18.9. The third-order valence-corrected chi connectivity index (χ3v) is 4.19. The van der Waals surface area contributed by atoms with E-state index in [9.17, 15) is 9.18 Å². The predicted molar refractivity (Wildman–Crippen MR) is 96.4 cm³/mol. The lowest BCUT2D eigenvalue weighted by Gasteiger charge is -2.22. The first-order valence-electron chi connectivity index (χ1n) is 8.18. The van der Waals surface area contributed by atoms with Crippen molar-refractivity contribution in [2.24, 2.45) is 5.73 Å². The van der Waals surface area contributed by atoms with Gasteiger partial charge in [0.25, 0.3) is 5.91 Å². The van der Waals surface area contributed by atoms with Crippen molar-refractivity contribution < 1.29 is 13.9 Å². The van der Waals surface area contributed by atoms with Gasteiger partial charge in [0, 0.05) is 18.2 Å². The van der Waals surface area contributed by atoms with E-state index < -0.39 is 0 Å². The minimum Gasteiger partial charge on any atom is -0.487 e. The van der Waals surface area contributed by atoms with Crippen LogP contribution in [0.15, 0.2) is 35.7 Å². The van der Waals surface area contributed by atoms with Crippen LogP contribution in [0.3, 0.4) is 0 Å². The number of carbonyl (C=O) groups excluding carboxylic acids is 1. The van der Waals surface area contributed by atoms with E-state index in [0.717, 1.165) is 12.8 Å². The van der Waals surface area contributed by atoms with Crippen LogP contribution in [-0.2, 0) is 0 Å². The molecule has 6 heteroatoms. The highest BCUT2D eigenvalue weighted by Gasteiger charge is 2.16. The van der Waals surface area contributed by atoms with Crippen LogP contribution in [0.4, 0.5) is 4.39 Å². The number of carbonyl (C=O) groups is 1. The molecule has 3 N–H and O–H groups in total. The summed E-state index contributed by atoms with van der Waals surface area (Å²) in [6.07, 6.45) is 5.73. The first kappa shape index (κ1) is 20.5. The average Bonchev–Trinajstić information content (AvgIpc) is 2.60. The Morgan fingerprint density at radius 3 is 2.46 bits per heavy atom. The Morgan fingerprint density at radius 2 is 1.88 bits per heavy atom. The molecule has 4 nitrogen and oxygen atoms in total. The van der Waals surface area contributed by atoms with E-state index in [1.165, 1.54) is 19.3 Å². The fourth-order valence-electron chi connectivity index (χ4n) is 2.60. The molecule has 0 aliphatic heterocycles. The molecule has 0 unspecified atom stereocenters. The second kappa shape index (κ2) is 10.3. The topological polar surface area (TPSA) is 64.3 Å². The Balaban J connectivity index is 0.00000288. The number of nitrogens with two attached hydrogens (primary N) is 1. The fourth-order valence-corrected chi connectivity index (χ4v) is 2.60. The van der Waals surface area contributed by atoms with Crippen LogP contribution < -0.4 is 15.8 Å². The van der Waals surface area contributed by atoms with Gasteiger partial charge in [0.1, 0.15) is 18.2 Å². The van der Waals surface area contributed by atoms with Crippen molar-refractivity contribution >= 4 is 18.3 Å². The van der Waals surface area contributed by atoms with Crippen molar-refractivity contribution in [2.45, 2.75) is 45.1 Å². The predicted octanol–water partition coefficient (Wildman–Crippen LogP) is 3.75. The quantitative estimate of drug-likeness (QED) is 0.815. The molecule has 2 rings (SSSR count). The third kappa shape index (κ3) is 6.13. The average molecular weight is 357 g/mol. The molecule has 1 fully saturated rings. The Hall–Kier alpha value is -1.59. The SMILES string of the molecule is C/C(CN)=C(\F)COc1ccc(C(=O)NC2CCCCC2)cc1.Cl. The maximum atomic E-state index is 13.6. The van der Waals surface area contributed by atoms with Crippen LogP contribution in [0.25, 0.3) is 0 Å². The zero-order valence-corrected chi connectivity index (χ0v) is 14.8. The first-order chi connectivity index (χ1) is 11.1. The molecule has 0 aromatic heterocycles. The molecule has 0 spiro atoms. The van der Waals surface area contributed by atoms with Gasteiger partial charge in [-0.15, -0.1) is 12.4 Å². The monoisotopic (exact) mass is 356 g/mol. The number of amides is 1. The number of benzene rings is 1. The molecule has 134 valence electrons. The number of halogens is 2. The zero-order valence-electron chi connectivity index (χ0n) is 14.0. The highest BCUT2D eigenvalue weighted by Crippen LogP contribution is 2.19. The summed E-state index contributed by atoms with van der Waals surface area (Å²) in [6.45, 7) is 1.67. The molecule has 0 saturated heterocycles. The second-order valence-corrected chi connectivity index (χ2v) is 6.01. The summed E-state index contributed by atoms with van der Waals surface area (Å²) in [7, 11) is 0. The summed E-state index contributed by atoms with van der Waals surface area (Å²) in [5, 5.41) is 3.07. The minimum atomic E-state index is -0.355. The van der Waals surface area contributed by atoms with Gasteiger partial charge < -0.3 is 15.8 Å². The molecule has 1 aromatic carbocycles. The fraction of sp³-hybridized carbons (Fsp3) is 0.500. The van der Waals surface area contributed by atoms with Crippen molar-refractivity contribution in [1.82, 2.24) is 5.32 Å². The summed E-state index contributed by atoms with van der Waals surface area (Å²) in [4.78, 5) is 12.2. The van der Waals surface area contributed by atoms with Crippen LogP contribution in [0.2, 0.25) is 0 Å². The Bertz CT molecular complexity index is 555.